The summed E-state index contributed by atoms with van der Waals surface area (Å²) < 4.78 is 33.1. The van der Waals surface area contributed by atoms with Gasteiger partial charge < -0.3 is 20.7 Å². The molecule has 8 nitrogen and oxygen atoms in total. The lowest BCUT2D eigenvalue weighted by Gasteiger charge is -2.11. The maximum Gasteiger partial charge on any atom is 0.325 e. The molecular weight excluding hydrogens is 468 g/mol. The van der Waals surface area contributed by atoms with Gasteiger partial charge in [-0.3, -0.25) is 10.1 Å². The summed E-state index contributed by atoms with van der Waals surface area (Å²) in [7, 11) is 0. The fraction of sp³-hybridized carbons (Fsp3) is 0.192. The molecule has 1 heterocycles. The molecule has 188 valence electrons. The standard InChI is InChI=1S/C26H27F2N5O3/c1-17(2)16-29-11-12-31-24-15-21(9-10-30-24)36-23-8-7-20(14-22(23)28)32-26(35)33-25(34)13-18-3-5-19(27)6-4-18/h3-10,14-15,29H,1,11-13,16H2,2H3,(H,30,31)(H2,32,33,34,35). The van der Waals surface area contributed by atoms with Gasteiger partial charge in [0.05, 0.1) is 6.42 Å². The summed E-state index contributed by atoms with van der Waals surface area (Å²) in [5.74, 6) is -0.811. The number of rotatable bonds is 11. The molecule has 36 heavy (non-hydrogen) atoms. The van der Waals surface area contributed by atoms with E-state index in [4.69, 9.17) is 4.74 Å². The van der Waals surface area contributed by atoms with Crippen LogP contribution in [0.1, 0.15) is 12.5 Å². The van der Waals surface area contributed by atoms with Gasteiger partial charge >= 0.3 is 6.03 Å². The molecule has 4 N–H and O–H groups in total. The predicted octanol–water partition coefficient (Wildman–Crippen LogP) is 4.62. The largest absolute Gasteiger partial charge is 0.454 e. The van der Waals surface area contributed by atoms with Crippen LogP contribution in [0.5, 0.6) is 11.5 Å². The van der Waals surface area contributed by atoms with E-state index in [2.05, 4.69) is 32.8 Å². The number of nitrogens with zero attached hydrogens (tertiary/aromatic N) is 1. The first-order valence-electron chi connectivity index (χ1n) is 11.2. The highest BCUT2D eigenvalue weighted by atomic mass is 19.1. The molecule has 1 aromatic heterocycles. The van der Waals surface area contributed by atoms with Gasteiger partial charge in [0.15, 0.2) is 11.6 Å². The molecule has 0 unspecified atom stereocenters. The van der Waals surface area contributed by atoms with Crippen LogP contribution in [0.4, 0.5) is 25.1 Å². The van der Waals surface area contributed by atoms with Crippen molar-refractivity contribution in [3.63, 3.8) is 0 Å². The van der Waals surface area contributed by atoms with Gasteiger partial charge in [-0.1, -0.05) is 24.3 Å². The van der Waals surface area contributed by atoms with E-state index in [-0.39, 0.29) is 17.9 Å². The number of ether oxygens (including phenoxy) is 1. The van der Waals surface area contributed by atoms with Crippen molar-refractivity contribution in [1.82, 2.24) is 15.6 Å². The van der Waals surface area contributed by atoms with E-state index in [1.165, 1.54) is 36.4 Å². The smallest absolute Gasteiger partial charge is 0.325 e. The number of carbonyl (C=O) groups excluding carboxylic acids is 2. The average Bonchev–Trinajstić information content (AvgIpc) is 2.82. The summed E-state index contributed by atoms with van der Waals surface area (Å²) in [4.78, 5) is 28.3. The van der Waals surface area contributed by atoms with Crippen LogP contribution in [0.3, 0.4) is 0 Å². The quantitative estimate of drug-likeness (QED) is 0.229. The van der Waals surface area contributed by atoms with Crippen LogP contribution in [0.2, 0.25) is 0 Å². The number of anilines is 2. The highest BCUT2D eigenvalue weighted by molar-refractivity contribution is 6.01. The van der Waals surface area contributed by atoms with Gasteiger partial charge in [0.2, 0.25) is 5.91 Å². The van der Waals surface area contributed by atoms with Crippen molar-refractivity contribution in [2.75, 3.05) is 30.3 Å². The van der Waals surface area contributed by atoms with Gasteiger partial charge in [0.1, 0.15) is 17.4 Å². The lowest BCUT2D eigenvalue weighted by Crippen LogP contribution is -2.35. The molecule has 0 aliphatic rings. The maximum absolute atomic E-state index is 14.6. The minimum absolute atomic E-state index is 0.0476. The third-order valence-corrected chi connectivity index (χ3v) is 4.71. The van der Waals surface area contributed by atoms with Crippen LogP contribution in [0.25, 0.3) is 0 Å². The van der Waals surface area contributed by atoms with E-state index < -0.39 is 23.6 Å². The Morgan fingerprint density at radius 2 is 1.81 bits per heavy atom. The normalized spacial score (nSPS) is 10.4. The Kier molecular flexibility index (Phi) is 9.47. The molecular formula is C26H27F2N5O3. The Labute approximate surface area is 207 Å². The summed E-state index contributed by atoms with van der Waals surface area (Å²) in [6.45, 7) is 7.85. The fourth-order valence-electron chi connectivity index (χ4n) is 3.06. The summed E-state index contributed by atoms with van der Waals surface area (Å²) in [5.41, 5.74) is 1.72. The first-order chi connectivity index (χ1) is 17.3. The second-order valence-corrected chi connectivity index (χ2v) is 7.99. The van der Waals surface area contributed by atoms with Crippen molar-refractivity contribution in [1.29, 1.82) is 0 Å². The minimum Gasteiger partial charge on any atom is -0.454 e. The molecule has 0 bridgehead atoms. The van der Waals surface area contributed by atoms with Crippen LogP contribution < -0.4 is 26.0 Å². The van der Waals surface area contributed by atoms with Crippen LogP contribution in [0.15, 0.2) is 72.9 Å². The Balaban J connectivity index is 1.50. The van der Waals surface area contributed by atoms with Gasteiger partial charge in [-0.2, -0.15) is 0 Å². The molecule has 2 aromatic carbocycles. The number of urea groups is 1. The number of pyridine rings is 1. The van der Waals surface area contributed by atoms with Crippen molar-refractivity contribution in [3.8, 4) is 11.5 Å². The van der Waals surface area contributed by atoms with E-state index in [9.17, 15) is 18.4 Å². The number of imide groups is 1. The molecule has 0 saturated heterocycles. The van der Waals surface area contributed by atoms with Crippen molar-refractivity contribution < 1.29 is 23.1 Å². The van der Waals surface area contributed by atoms with E-state index in [0.717, 1.165) is 18.2 Å². The SMILES string of the molecule is C=C(C)CNCCNc1cc(Oc2ccc(NC(=O)NC(=O)Cc3ccc(F)cc3)cc2F)ccn1. The molecule has 0 fully saturated rings. The Bertz CT molecular complexity index is 1220. The number of hydrogen-bond acceptors (Lipinski definition) is 6. The molecule has 3 rings (SSSR count). The highest BCUT2D eigenvalue weighted by Gasteiger charge is 2.12. The number of carbonyl (C=O) groups is 2. The Morgan fingerprint density at radius 3 is 2.53 bits per heavy atom. The fourth-order valence-corrected chi connectivity index (χ4v) is 3.06. The van der Waals surface area contributed by atoms with Crippen LogP contribution in [-0.2, 0) is 11.2 Å². The summed E-state index contributed by atoms with van der Waals surface area (Å²) in [6, 6.07) is 11.6. The number of aromatic nitrogens is 1. The highest BCUT2D eigenvalue weighted by Crippen LogP contribution is 2.27. The lowest BCUT2D eigenvalue weighted by atomic mass is 10.1. The van der Waals surface area contributed by atoms with E-state index in [1.54, 1.807) is 18.3 Å². The van der Waals surface area contributed by atoms with Crippen LogP contribution in [0, 0.1) is 11.6 Å². The molecule has 10 heteroatoms. The number of benzene rings is 2. The van der Waals surface area contributed by atoms with Gasteiger partial charge in [0.25, 0.3) is 0 Å². The monoisotopic (exact) mass is 495 g/mol. The van der Waals surface area contributed by atoms with Crippen LogP contribution >= 0.6 is 0 Å². The van der Waals surface area contributed by atoms with Crippen molar-refractivity contribution in [2.24, 2.45) is 0 Å². The minimum atomic E-state index is -0.822. The van der Waals surface area contributed by atoms with Crippen molar-refractivity contribution in [3.05, 3.63) is 90.1 Å². The van der Waals surface area contributed by atoms with Gasteiger partial charge in [0, 0.05) is 43.7 Å². The number of hydrogen-bond donors (Lipinski definition) is 4. The second-order valence-electron chi connectivity index (χ2n) is 7.99. The van der Waals surface area contributed by atoms with Crippen molar-refractivity contribution in [2.45, 2.75) is 13.3 Å². The molecule has 0 aliphatic heterocycles. The summed E-state index contributed by atoms with van der Waals surface area (Å²) in [5, 5.41) is 10.9. The molecule has 3 aromatic rings. The Hall–Kier alpha value is -4.31. The third-order valence-electron chi connectivity index (χ3n) is 4.71. The molecule has 0 radical (unpaired) electrons. The van der Waals surface area contributed by atoms with Gasteiger partial charge in [-0.05, 0) is 42.8 Å². The Morgan fingerprint density at radius 1 is 1.03 bits per heavy atom. The second kappa shape index (κ2) is 13.0. The first-order valence-corrected chi connectivity index (χ1v) is 11.2. The van der Waals surface area contributed by atoms with Gasteiger partial charge in [-0.25, -0.2) is 18.6 Å². The van der Waals surface area contributed by atoms with E-state index in [1.807, 2.05) is 6.92 Å². The zero-order valence-electron chi connectivity index (χ0n) is 19.7. The third kappa shape index (κ3) is 8.80. The van der Waals surface area contributed by atoms with E-state index in [0.29, 0.717) is 30.2 Å². The van der Waals surface area contributed by atoms with E-state index >= 15 is 0 Å². The molecule has 3 amide bonds. The molecule has 0 spiro atoms. The molecule has 0 aliphatic carbocycles. The summed E-state index contributed by atoms with van der Waals surface area (Å²) in [6.07, 6.45) is 1.43. The zero-order valence-corrected chi connectivity index (χ0v) is 19.7. The first kappa shape index (κ1) is 26.3. The number of halogens is 2. The maximum atomic E-state index is 14.6. The van der Waals surface area contributed by atoms with Gasteiger partial charge in [-0.15, -0.1) is 0 Å². The van der Waals surface area contributed by atoms with Crippen LogP contribution in [-0.4, -0.2) is 36.6 Å². The topological polar surface area (TPSA) is 104 Å². The number of amides is 3. The van der Waals surface area contributed by atoms with Crippen molar-refractivity contribution >= 4 is 23.4 Å². The molecule has 0 saturated carbocycles. The molecule has 0 atom stereocenters. The lowest BCUT2D eigenvalue weighted by molar-refractivity contribution is -0.119. The average molecular weight is 496 g/mol. The zero-order chi connectivity index (χ0) is 25.9. The predicted molar refractivity (Wildman–Crippen MR) is 134 cm³/mol. The number of nitrogens with one attached hydrogen (secondary N) is 4. The summed E-state index contributed by atoms with van der Waals surface area (Å²) >= 11 is 0.